The van der Waals surface area contributed by atoms with Gasteiger partial charge in [0.1, 0.15) is 0 Å². The van der Waals surface area contributed by atoms with E-state index in [4.69, 9.17) is 5.73 Å². The minimum absolute atomic E-state index is 0.303. The van der Waals surface area contributed by atoms with Gasteiger partial charge in [-0.2, -0.15) is 0 Å². The van der Waals surface area contributed by atoms with E-state index in [0.29, 0.717) is 16.7 Å². The lowest BCUT2D eigenvalue weighted by atomic mass is 10.2. The summed E-state index contributed by atoms with van der Waals surface area (Å²) < 4.78 is 0. The van der Waals surface area contributed by atoms with E-state index in [9.17, 15) is 4.79 Å². The van der Waals surface area contributed by atoms with Crippen LogP contribution in [0.15, 0.2) is 18.6 Å². The highest BCUT2D eigenvalue weighted by Gasteiger charge is 2.08. The van der Waals surface area contributed by atoms with Gasteiger partial charge in [0.05, 0.1) is 17.4 Å². The fourth-order valence-electron chi connectivity index (χ4n) is 1.04. The van der Waals surface area contributed by atoms with Crippen molar-refractivity contribution in [2.75, 3.05) is 0 Å². The number of nitrogens with one attached hydrogen (secondary N) is 2. The second kappa shape index (κ2) is 2.30. The number of aromatic amines is 1. The zero-order valence-corrected chi connectivity index (χ0v) is 6.03. The Bertz CT molecular complexity index is 434. The summed E-state index contributed by atoms with van der Waals surface area (Å²) in [5.74, 6) is -0.730. The Morgan fingerprint density at radius 3 is 3.08 bits per heavy atom. The second-order valence-corrected chi connectivity index (χ2v) is 2.29. The number of rotatable bonds is 1. The molecule has 1 amide bonds. The smallest absolute Gasteiger partial charge is 0.272 e. The van der Waals surface area contributed by atoms with E-state index in [-0.39, 0.29) is 0 Å². The van der Waals surface area contributed by atoms with Crippen LogP contribution in [0.2, 0.25) is 0 Å². The maximum absolute atomic E-state index is 10.7. The van der Waals surface area contributed by atoms with Gasteiger partial charge in [-0.05, 0) is 6.07 Å². The highest BCUT2D eigenvalue weighted by molar-refractivity contribution is 6.02. The maximum Gasteiger partial charge on any atom is 0.272 e. The zero-order chi connectivity index (χ0) is 8.55. The SMILES string of the molecule is [NH]C(=O)c1ccnc2nc[nH]c12. The van der Waals surface area contributed by atoms with Crippen LogP contribution in [0.4, 0.5) is 0 Å². The highest BCUT2D eigenvalue weighted by atomic mass is 16.1. The molecule has 0 atom stereocenters. The van der Waals surface area contributed by atoms with Crippen LogP contribution < -0.4 is 5.73 Å². The molecule has 5 nitrogen and oxygen atoms in total. The Hall–Kier alpha value is -1.91. The van der Waals surface area contributed by atoms with Gasteiger partial charge in [0, 0.05) is 6.20 Å². The lowest BCUT2D eigenvalue weighted by molar-refractivity contribution is 0.0993. The molecule has 12 heavy (non-hydrogen) atoms. The molecular formula is C7H5N4O. The molecule has 2 aromatic heterocycles. The van der Waals surface area contributed by atoms with Gasteiger partial charge in [0.2, 0.25) is 0 Å². The van der Waals surface area contributed by atoms with E-state index in [1.54, 1.807) is 0 Å². The Kier molecular flexibility index (Phi) is 1.30. The van der Waals surface area contributed by atoms with E-state index in [1.807, 2.05) is 0 Å². The molecule has 0 saturated heterocycles. The minimum Gasteiger partial charge on any atom is -0.343 e. The van der Waals surface area contributed by atoms with Crippen LogP contribution >= 0.6 is 0 Å². The standard InChI is InChI=1S/C7H5N4O/c8-6(12)4-1-2-9-7-5(4)10-3-11-7/h1-3,8H,(H,9,10,11). The van der Waals surface area contributed by atoms with Gasteiger partial charge in [-0.25, -0.2) is 9.97 Å². The number of carbonyl (C=O) groups is 1. The number of nitrogens with zero attached hydrogens (tertiary/aromatic N) is 2. The predicted octanol–water partition coefficient (Wildman–Crippen LogP) is 0.381. The third-order valence-electron chi connectivity index (χ3n) is 1.57. The zero-order valence-electron chi connectivity index (χ0n) is 6.03. The predicted molar refractivity (Wildman–Crippen MR) is 41.3 cm³/mol. The molecule has 2 N–H and O–H groups in total. The van der Waals surface area contributed by atoms with E-state index in [1.165, 1.54) is 18.6 Å². The normalized spacial score (nSPS) is 10.3. The quantitative estimate of drug-likeness (QED) is 0.656. The van der Waals surface area contributed by atoms with Gasteiger partial charge in [-0.1, -0.05) is 0 Å². The van der Waals surface area contributed by atoms with Gasteiger partial charge >= 0.3 is 0 Å². The molecular weight excluding hydrogens is 156 g/mol. The van der Waals surface area contributed by atoms with Crippen LogP contribution in [0, 0.1) is 0 Å². The Balaban J connectivity index is 2.82. The molecule has 0 aliphatic carbocycles. The molecule has 0 unspecified atom stereocenters. The van der Waals surface area contributed by atoms with E-state index in [0.717, 1.165) is 0 Å². The summed E-state index contributed by atoms with van der Waals surface area (Å²) in [5, 5.41) is 0. The topological polar surface area (TPSA) is 82.4 Å². The van der Waals surface area contributed by atoms with Crippen LogP contribution in [0.25, 0.3) is 11.2 Å². The Morgan fingerprint density at radius 1 is 1.50 bits per heavy atom. The van der Waals surface area contributed by atoms with Crippen molar-refractivity contribution in [3.8, 4) is 0 Å². The molecule has 2 heterocycles. The molecule has 0 saturated carbocycles. The molecule has 0 aliphatic rings. The number of hydrogen-bond acceptors (Lipinski definition) is 3. The van der Waals surface area contributed by atoms with E-state index in [2.05, 4.69) is 15.0 Å². The first-order valence-electron chi connectivity index (χ1n) is 3.33. The van der Waals surface area contributed by atoms with Crippen molar-refractivity contribution in [1.82, 2.24) is 20.7 Å². The van der Waals surface area contributed by atoms with Crippen molar-refractivity contribution in [1.29, 1.82) is 0 Å². The van der Waals surface area contributed by atoms with Gasteiger partial charge in [-0.3, -0.25) is 10.5 Å². The summed E-state index contributed by atoms with van der Waals surface area (Å²) in [6, 6.07) is 1.50. The molecule has 5 heteroatoms. The first kappa shape index (κ1) is 6.78. The summed E-state index contributed by atoms with van der Waals surface area (Å²) >= 11 is 0. The van der Waals surface area contributed by atoms with E-state index < -0.39 is 5.91 Å². The molecule has 2 aromatic rings. The summed E-state index contributed by atoms with van der Waals surface area (Å²) in [6.07, 6.45) is 2.91. The van der Waals surface area contributed by atoms with Crippen molar-refractivity contribution >= 4 is 17.1 Å². The fraction of sp³-hybridized carbons (Fsp3) is 0. The van der Waals surface area contributed by atoms with Crippen molar-refractivity contribution in [3.05, 3.63) is 24.2 Å². The first-order chi connectivity index (χ1) is 5.79. The Morgan fingerprint density at radius 2 is 2.33 bits per heavy atom. The van der Waals surface area contributed by atoms with Crippen LogP contribution in [0.3, 0.4) is 0 Å². The Labute approximate surface area is 67.6 Å². The number of imidazole rings is 1. The van der Waals surface area contributed by atoms with Gasteiger partial charge in [-0.15, -0.1) is 0 Å². The number of pyridine rings is 1. The van der Waals surface area contributed by atoms with Crippen LogP contribution in [-0.2, 0) is 0 Å². The van der Waals surface area contributed by atoms with Gasteiger partial charge in [0.15, 0.2) is 5.65 Å². The average Bonchev–Trinajstić information content (AvgIpc) is 2.49. The molecule has 0 aromatic carbocycles. The minimum atomic E-state index is -0.730. The first-order valence-corrected chi connectivity index (χ1v) is 3.33. The third kappa shape index (κ3) is 0.833. The maximum atomic E-state index is 10.7. The monoisotopic (exact) mass is 161 g/mol. The number of amides is 1. The summed E-state index contributed by atoms with van der Waals surface area (Å²) in [4.78, 5) is 21.3. The summed E-state index contributed by atoms with van der Waals surface area (Å²) in [7, 11) is 0. The number of fused-ring (bicyclic) bond motifs is 1. The third-order valence-corrected chi connectivity index (χ3v) is 1.57. The van der Waals surface area contributed by atoms with Crippen LogP contribution in [0.5, 0.6) is 0 Å². The lowest BCUT2D eigenvalue weighted by Crippen LogP contribution is -2.00. The molecule has 0 aliphatic heterocycles. The number of aromatic nitrogens is 3. The van der Waals surface area contributed by atoms with Gasteiger partial charge in [0.25, 0.3) is 5.91 Å². The second-order valence-electron chi connectivity index (χ2n) is 2.29. The van der Waals surface area contributed by atoms with Crippen LogP contribution in [-0.4, -0.2) is 20.9 Å². The molecule has 59 valence electrons. The lowest BCUT2D eigenvalue weighted by Gasteiger charge is -1.93. The molecule has 1 radical (unpaired) electrons. The average molecular weight is 161 g/mol. The molecule has 2 rings (SSSR count). The van der Waals surface area contributed by atoms with Crippen molar-refractivity contribution < 1.29 is 4.79 Å². The molecule has 0 spiro atoms. The number of H-pyrrole nitrogens is 1. The number of hydrogen-bond donors (Lipinski definition) is 1. The van der Waals surface area contributed by atoms with Crippen molar-refractivity contribution in [2.24, 2.45) is 0 Å². The fourth-order valence-corrected chi connectivity index (χ4v) is 1.04. The molecule has 0 fully saturated rings. The largest absolute Gasteiger partial charge is 0.343 e. The van der Waals surface area contributed by atoms with Crippen LogP contribution in [0.1, 0.15) is 10.4 Å². The summed E-state index contributed by atoms with van der Waals surface area (Å²) in [5.41, 5.74) is 8.22. The van der Waals surface area contributed by atoms with Crippen molar-refractivity contribution in [2.45, 2.75) is 0 Å². The molecule has 0 bridgehead atoms. The van der Waals surface area contributed by atoms with Crippen molar-refractivity contribution in [3.63, 3.8) is 0 Å². The van der Waals surface area contributed by atoms with Gasteiger partial charge < -0.3 is 4.98 Å². The highest BCUT2D eigenvalue weighted by Crippen LogP contribution is 2.10. The number of carbonyl (C=O) groups excluding carboxylic acids is 1. The summed E-state index contributed by atoms with van der Waals surface area (Å²) in [6.45, 7) is 0. The van der Waals surface area contributed by atoms with E-state index >= 15 is 0 Å².